The highest BCUT2D eigenvalue weighted by atomic mass is 32.3. The second-order valence-electron chi connectivity index (χ2n) is 2.82. The molecule has 0 heterocycles. The summed E-state index contributed by atoms with van der Waals surface area (Å²) in [5.41, 5.74) is 8.70. The lowest BCUT2D eigenvalue weighted by Crippen LogP contribution is -1.90. The Kier molecular flexibility index (Phi) is 4.04. The summed E-state index contributed by atoms with van der Waals surface area (Å²) in [5, 5.41) is 3.28. The smallest absolute Gasteiger partial charge is 0.189 e. The Morgan fingerprint density at radius 1 is 1.38 bits per heavy atom. The van der Waals surface area contributed by atoms with Crippen molar-refractivity contribution in [3.8, 4) is 0 Å². The van der Waals surface area contributed by atoms with E-state index in [1.54, 1.807) is 12.2 Å². The molecule has 16 heavy (non-hydrogen) atoms. The number of rotatable bonds is 4. The minimum absolute atomic E-state index is 0.208. The first-order chi connectivity index (χ1) is 7.54. The van der Waals surface area contributed by atoms with Gasteiger partial charge in [-0.2, -0.15) is 8.42 Å². The van der Waals surface area contributed by atoms with Crippen LogP contribution in [-0.4, -0.2) is 15.0 Å². The van der Waals surface area contributed by atoms with Crippen molar-refractivity contribution >= 4 is 16.3 Å². The zero-order valence-corrected chi connectivity index (χ0v) is 8.93. The van der Waals surface area contributed by atoms with Gasteiger partial charge in [-0.1, -0.05) is 29.4 Å². The molecule has 0 atom stereocenters. The summed E-state index contributed by atoms with van der Waals surface area (Å²) in [7, 11) is -4.64. The first kappa shape index (κ1) is 12.2. The Labute approximate surface area is 92.1 Å². The van der Waals surface area contributed by atoms with Crippen LogP contribution in [0, 0.1) is 0 Å². The molecule has 7 heteroatoms. The Morgan fingerprint density at radius 2 is 2.00 bits per heavy atom. The molecule has 0 aliphatic carbocycles. The predicted octanol–water partition coefficient (Wildman–Crippen LogP) is 2.67. The van der Waals surface area contributed by atoms with Gasteiger partial charge < -0.3 is 0 Å². The maximum Gasteiger partial charge on any atom is 0.332 e. The second-order valence-corrected chi connectivity index (χ2v) is 4.17. The zero-order valence-electron chi connectivity index (χ0n) is 8.12. The summed E-state index contributed by atoms with van der Waals surface area (Å²) in [6, 6.07) is 5.25. The Balaban J connectivity index is 2.80. The third-order valence-electron chi connectivity index (χ3n) is 1.72. The lowest BCUT2D eigenvalue weighted by molar-refractivity contribution is 0.552. The topological polar surface area (TPSA) is 82.9 Å². The van der Waals surface area contributed by atoms with Crippen molar-refractivity contribution in [3.63, 3.8) is 0 Å². The van der Waals surface area contributed by atoms with Gasteiger partial charge in [0.15, 0.2) is 0 Å². The maximum atomic E-state index is 12.5. The van der Waals surface area contributed by atoms with E-state index in [0.29, 0.717) is 5.56 Å². The number of benzene rings is 1. The molecule has 1 aromatic rings. The molecule has 0 N–H and O–H groups in total. The lowest BCUT2D eigenvalue weighted by Gasteiger charge is -1.95. The maximum absolute atomic E-state index is 12.5. The molecular formula is C9H8FN3O2S. The summed E-state index contributed by atoms with van der Waals surface area (Å²) >= 11 is 0. The molecule has 0 aliphatic rings. The highest BCUT2D eigenvalue weighted by molar-refractivity contribution is 7.86. The fourth-order valence-electron chi connectivity index (χ4n) is 1.01. The SMILES string of the molecule is [N-]=[N+]=NCC=Cc1ccc(S(=O)(=O)F)cc1. The van der Waals surface area contributed by atoms with E-state index in [1.165, 1.54) is 24.3 Å². The van der Waals surface area contributed by atoms with E-state index in [-0.39, 0.29) is 11.4 Å². The predicted molar refractivity (Wildman–Crippen MR) is 57.8 cm³/mol. The molecular weight excluding hydrogens is 233 g/mol. The molecule has 5 nitrogen and oxygen atoms in total. The number of hydrogen-bond acceptors (Lipinski definition) is 3. The Bertz CT molecular complexity index is 530. The van der Waals surface area contributed by atoms with Gasteiger partial charge in [-0.25, -0.2) is 0 Å². The molecule has 1 rings (SSSR count). The van der Waals surface area contributed by atoms with E-state index in [0.717, 1.165) is 0 Å². The van der Waals surface area contributed by atoms with E-state index in [9.17, 15) is 12.3 Å². The van der Waals surface area contributed by atoms with Crippen molar-refractivity contribution in [2.24, 2.45) is 5.11 Å². The van der Waals surface area contributed by atoms with Crippen LogP contribution >= 0.6 is 0 Å². The molecule has 0 aliphatic heterocycles. The third-order valence-corrected chi connectivity index (χ3v) is 2.56. The fraction of sp³-hybridized carbons (Fsp3) is 0.111. The zero-order chi connectivity index (χ0) is 12.0. The van der Waals surface area contributed by atoms with Crippen LogP contribution < -0.4 is 0 Å². The Morgan fingerprint density at radius 3 is 2.50 bits per heavy atom. The van der Waals surface area contributed by atoms with Crippen LogP contribution in [-0.2, 0) is 10.2 Å². The molecule has 0 fully saturated rings. The van der Waals surface area contributed by atoms with Crippen LogP contribution in [0.2, 0.25) is 0 Å². The molecule has 0 aromatic heterocycles. The first-order valence-electron chi connectivity index (χ1n) is 4.26. The molecule has 84 valence electrons. The van der Waals surface area contributed by atoms with E-state index in [1.807, 2.05) is 0 Å². The van der Waals surface area contributed by atoms with Gasteiger partial charge in [-0.05, 0) is 23.2 Å². The average molecular weight is 241 g/mol. The highest BCUT2D eigenvalue weighted by Gasteiger charge is 2.09. The van der Waals surface area contributed by atoms with Gasteiger partial charge in [0.25, 0.3) is 0 Å². The summed E-state index contributed by atoms with van der Waals surface area (Å²) < 4.78 is 33.5. The number of azide groups is 1. The summed E-state index contributed by atoms with van der Waals surface area (Å²) in [5.74, 6) is 0. The Hall–Kier alpha value is -1.85. The van der Waals surface area contributed by atoms with Crippen molar-refractivity contribution in [2.75, 3.05) is 6.54 Å². The van der Waals surface area contributed by atoms with Gasteiger partial charge in [0.2, 0.25) is 0 Å². The van der Waals surface area contributed by atoms with Crippen molar-refractivity contribution in [1.82, 2.24) is 0 Å². The van der Waals surface area contributed by atoms with Gasteiger partial charge in [0.1, 0.15) is 0 Å². The fourth-order valence-corrected chi connectivity index (χ4v) is 1.48. The standard InChI is InChI=1S/C9H8FN3O2S/c10-16(14,15)9-5-3-8(4-6-9)2-1-7-12-13-11/h1-6H,7H2. The van der Waals surface area contributed by atoms with Gasteiger partial charge >= 0.3 is 10.2 Å². The van der Waals surface area contributed by atoms with Crippen LogP contribution in [0.25, 0.3) is 16.5 Å². The van der Waals surface area contributed by atoms with Crippen molar-refractivity contribution in [1.29, 1.82) is 0 Å². The minimum atomic E-state index is -4.64. The molecule has 0 bridgehead atoms. The molecule has 0 saturated carbocycles. The molecule has 0 saturated heterocycles. The summed E-state index contributed by atoms with van der Waals surface area (Å²) in [4.78, 5) is 2.18. The van der Waals surface area contributed by atoms with Crippen LogP contribution in [0.5, 0.6) is 0 Å². The van der Waals surface area contributed by atoms with Gasteiger partial charge in [0.05, 0.1) is 4.90 Å². The van der Waals surface area contributed by atoms with Crippen LogP contribution in [0.1, 0.15) is 5.56 Å². The van der Waals surface area contributed by atoms with E-state index in [2.05, 4.69) is 10.0 Å². The van der Waals surface area contributed by atoms with Crippen LogP contribution in [0.4, 0.5) is 3.89 Å². The molecule has 0 spiro atoms. The third kappa shape index (κ3) is 3.72. The molecule has 1 aromatic carbocycles. The number of hydrogen-bond donors (Lipinski definition) is 0. The lowest BCUT2D eigenvalue weighted by atomic mass is 10.2. The minimum Gasteiger partial charge on any atom is -0.189 e. The molecule has 0 amide bonds. The number of nitrogens with zero attached hydrogens (tertiary/aromatic N) is 3. The van der Waals surface area contributed by atoms with Gasteiger partial charge in [-0.3, -0.25) is 0 Å². The summed E-state index contributed by atoms with van der Waals surface area (Å²) in [6.07, 6.45) is 3.25. The van der Waals surface area contributed by atoms with Gasteiger partial charge in [-0.15, -0.1) is 3.89 Å². The van der Waals surface area contributed by atoms with E-state index in [4.69, 9.17) is 5.53 Å². The average Bonchev–Trinajstić information content (AvgIpc) is 2.24. The summed E-state index contributed by atoms with van der Waals surface area (Å²) in [6.45, 7) is 0.208. The van der Waals surface area contributed by atoms with Crippen molar-refractivity contribution < 1.29 is 12.3 Å². The quantitative estimate of drug-likeness (QED) is 0.351. The monoisotopic (exact) mass is 241 g/mol. The van der Waals surface area contributed by atoms with Crippen molar-refractivity contribution in [2.45, 2.75) is 4.90 Å². The normalized spacial score (nSPS) is 11.3. The number of halogens is 1. The highest BCUT2D eigenvalue weighted by Crippen LogP contribution is 2.13. The molecule has 0 radical (unpaired) electrons. The van der Waals surface area contributed by atoms with E-state index >= 15 is 0 Å². The first-order valence-corrected chi connectivity index (χ1v) is 5.64. The second kappa shape index (κ2) is 5.29. The van der Waals surface area contributed by atoms with Gasteiger partial charge in [0, 0.05) is 11.5 Å². The van der Waals surface area contributed by atoms with E-state index < -0.39 is 10.2 Å². The van der Waals surface area contributed by atoms with Crippen LogP contribution in [0.15, 0.2) is 40.4 Å². The van der Waals surface area contributed by atoms with Crippen molar-refractivity contribution in [3.05, 3.63) is 46.3 Å². The van der Waals surface area contributed by atoms with Crippen LogP contribution in [0.3, 0.4) is 0 Å². The largest absolute Gasteiger partial charge is 0.332 e. The molecule has 0 unspecified atom stereocenters.